The number of esters is 2. The maximum absolute atomic E-state index is 12.6. The van der Waals surface area contributed by atoms with Gasteiger partial charge in [-0.2, -0.15) is 0 Å². The number of carbonyl (C=O) groups is 2. The van der Waals surface area contributed by atoms with Crippen LogP contribution in [-0.2, 0) is 9.47 Å². The van der Waals surface area contributed by atoms with E-state index in [1.807, 2.05) is 0 Å². The molecule has 0 aliphatic carbocycles. The maximum atomic E-state index is 12.6. The summed E-state index contributed by atoms with van der Waals surface area (Å²) in [6, 6.07) is 0. The monoisotopic (exact) mass is 262 g/mol. The summed E-state index contributed by atoms with van der Waals surface area (Å²) in [5.74, 6) is -2.84. The minimum Gasteiger partial charge on any atom is -0.462 e. The summed E-state index contributed by atoms with van der Waals surface area (Å²) in [7, 11) is 0. The molecule has 0 aliphatic heterocycles. The number of hydrogen-bond acceptors (Lipinski definition) is 5. The minimum absolute atomic E-state index is 0.00500. The van der Waals surface area contributed by atoms with Gasteiger partial charge in [-0.25, -0.2) is 18.4 Å². The fourth-order valence-corrected chi connectivity index (χ4v) is 1.31. The van der Waals surface area contributed by atoms with Gasteiger partial charge in [0.05, 0.1) is 13.2 Å². The fraction of sp³-hybridized carbons (Fsp3) is 0.455. The van der Waals surface area contributed by atoms with Crippen molar-refractivity contribution in [1.29, 1.82) is 0 Å². The van der Waals surface area contributed by atoms with Crippen molar-refractivity contribution in [2.24, 2.45) is 0 Å². The summed E-state index contributed by atoms with van der Waals surface area (Å²) in [6.07, 6.45) is -2.25. The van der Waals surface area contributed by atoms with Crippen molar-refractivity contribution in [1.82, 2.24) is 0 Å². The Kier molecular flexibility index (Phi) is 4.82. The lowest BCUT2D eigenvalue weighted by Crippen LogP contribution is -2.13. The van der Waals surface area contributed by atoms with Crippen molar-refractivity contribution in [2.75, 3.05) is 13.2 Å². The quantitative estimate of drug-likeness (QED) is 0.763. The van der Waals surface area contributed by atoms with Gasteiger partial charge in [-0.15, -0.1) is 0 Å². The zero-order chi connectivity index (χ0) is 13.7. The Balaban J connectivity index is 3.19. The van der Waals surface area contributed by atoms with Crippen molar-refractivity contribution in [3.8, 4) is 0 Å². The van der Waals surface area contributed by atoms with Gasteiger partial charge in [-0.05, 0) is 13.8 Å². The lowest BCUT2D eigenvalue weighted by atomic mass is 10.1. The summed E-state index contributed by atoms with van der Waals surface area (Å²) in [6.45, 7) is 3.12. The van der Waals surface area contributed by atoms with Crippen LogP contribution in [0.25, 0.3) is 0 Å². The summed E-state index contributed by atoms with van der Waals surface area (Å²) in [5.41, 5.74) is -0.934. The normalized spacial score (nSPS) is 10.5. The Labute approximate surface area is 102 Å². The highest BCUT2D eigenvalue weighted by atomic mass is 19.3. The van der Waals surface area contributed by atoms with Gasteiger partial charge in [-0.3, -0.25) is 0 Å². The highest BCUT2D eigenvalue weighted by molar-refractivity contribution is 6.03. The van der Waals surface area contributed by atoms with Crippen molar-refractivity contribution in [3.63, 3.8) is 0 Å². The number of carbonyl (C=O) groups excluding carboxylic acids is 2. The van der Waals surface area contributed by atoms with Gasteiger partial charge in [0, 0.05) is 0 Å². The molecule has 1 heterocycles. The number of ether oxygens (including phenoxy) is 2. The van der Waals surface area contributed by atoms with Crippen LogP contribution in [0.4, 0.5) is 8.78 Å². The Morgan fingerprint density at radius 3 is 2.28 bits per heavy atom. The Bertz CT molecular complexity index is 439. The highest BCUT2D eigenvalue weighted by Crippen LogP contribution is 2.28. The second kappa shape index (κ2) is 6.13. The molecule has 1 aromatic rings. The Morgan fingerprint density at radius 2 is 1.78 bits per heavy atom. The van der Waals surface area contributed by atoms with E-state index in [9.17, 15) is 18.4 Å². The third-order valence-electron chi connectivity index (χ3n) is 1.99. The largest absolute Gasteiger partial charge is 0.462 e. The Hall–Kier alpha value is -1.92. The summed E-state index contributed by atoms with van der Waals surface area (Å²) in [5, 5.41) is 0. The lowest BCUT2D eigenvalue weighted by Gasteiger charge is -2.04. The molecule has 18 heavy (non-hydrogen) atoms. The van der Waals surface area contributed by atoms with Gasteiger partial charge < -0.3 is 13.9 Å². The maximum Gasteiger partial charge on any atom is 0.342 e. The van der Waals surface area contributed by atoms with Crippen LogP contribution < -0.4 is 0 Å². The molecule has 0 spiro atoms. The second-order valence-corrected chi connectivity index (χ2v) is 3.13. The number of alkyl halides is 2. The van der Waals surface area contributed by atoms with Gasteiger partial charge in [0.2, 0.25) is 0 Å². The number of furan rings is 1. The van der Waals surface area contributed by atoms with Gasteiger partial charge in [0.25, 0.3) is 6.43 Å². The SMILES string of the molecule is CCOC(=O)c1coc(C(F)F)c1C(=O)OCC. The first kappa shape index (κ1) is 14.1. The van der Waals surface area contributed by atoms with Gasteiger partial charge in [0.15, 0.2) is 5.76 Å². The molecule has 100 valence electrons. The zero-order valence-corrected chi connectivity index (χ0v) is 9.87. The number of halogens is 2. The molecule has 0 saturated carbocycles. The molecule has 0 atom stereocenters. The average Bonchev–Trinajstić information content (AvgIpc) is 2.74. The standard InChI is InChI=1S/C11H12F2O5/c1-3-16-10(14)6-5-18-8(9(12)13)7(6)11(15)17-4-2/h5,9H,3-4H2,1-2H3. The molecule has 1 rings (SSSR count). The van der Waals surface area contributed by atoms with E-state index in [0.717, 1.165) is 6.26 Å². The van der Waals surface area contributed by atoms with E-state index in [4.69, 9.17) is 0 Å². The minimum atomic E-state index is -3.02. The molecule has 0 bridgehead atoms. The van der Waals surface area contributed by atoms with E-state index in [-0.39, 0.29) is 18.8 Å². The van der Waals surface area contributed by atoms with Crippen LogP contribution in [0.1, 0.15) is 46.7 Å². The van der Waals surface area contributed by atoms with Gasteiger partial charge in [-0.1, -0.05) is 0 Å². The van der Waals surface area contributed by atoms with Crippen LogP contribution in [-0.4, -0.2) is 25.2 Å². The molecule has 5 nitrogen and oxygen atoms in total. The van der Waals surface area contributed by atoms with Crippen LogP contribution >= 0.6 is 0 Å². The third kappa shape index (κ3) is 2.85. The van der Waals surface area contributed by atoms with Crippen LogP contribution in [0, 0.1) is 0 Å². The molecular formula is C11H12F2O5. The predicted molar refractivity (Wildman–Crippen MR) is 55.6 cm³/mol. The number of hydrogen-bond donors (Lipinski definition) is 0. The first-order valence-electron chi connectivity index (χ1n) is 5.26. The molecule has 7 heteroatoms. The smallest absolute Gasteiger partial charge is 0.342 e. The van der Waals surface area contributed by atoms with E-state index < -0.39 is 29.7 Å². The predicted octanol–water partition coefficient (Wildman–Crippen LogP) is 2.57. The molecule has 0 fully saturated rings. The topological polar surface area (TPSA) is 65.7 Å². The molecule has 1 aromatic heterocycles. The number of rotatable bonds is 5. The van der Waals surface area contributed by atoms with Gasteiger partial charge in [0.1, 0.15) is 17.4 Å². The Morgan fingerprint density at radius 1 is 1.22 bits per heavy atom. The molecule has 0 aromatic carbocycles. The average molecular weight is 262 g/mol. The summed E-state index contributed by atoms with van der Waals surface area (Å²) < 4.78 is 39.1. The molecule has 0 amide bonds. The molecular weight excluding hydrogens is 250 g/mol. The molecule has 0 N–H and O–H groups in total. The molecule has 0 radical (unpaired) electrons. The van der Waals surface area contributed by atoms with E-state index in [1.54, 1.807) is 6.92 Å². The van der Waals surface area contributed by atoms with E-state index in [0.29, 0.717) is 0 Å². The van der Waals surface area contributed by atoms with Crippen molar-refractivity contribution in [3.05, 3.63) is 23.2 Å². The van der Waals surface area contributed by atoms with Crippen LogP contribution in [0.5, 0.6) is 0 Å². The van der Waals surface area contributed by atoms with E-state index in [1.165, 1.54) is 6.92 Å². The van der Waals surface area contributed by atoms with Crippen LogP contribution in [0.3, 0.4) is 0 Å². The van der Waals surface area contributed by atoms with Crippen molar-refractivity contribution < 1.29 is 32.3 Å². The first-order valence-corrected chi connectivity index (χ1v) is 5.26. The summed E-state index contributed by atoms with van der Waals surface area (Å²) in [4.78, 5) is 23.0. The van der Waals surface area contributed by atoms with Crippen LogP contribution in [0.2, 0.25) is 0 Å². The third-order valence-corrected chi connectivity index (χ3v) is 1.99. The van der Waals surface area contributed by atoms with E-state index in [2.05, 4.69) is 13.9 Å². The first-order chi connectivity index (χ1) is 8.52. The van der Waals surface area contributed by atoms with E-state index >= 15 is 0 Å². The fourth-order valence-electron chi connectivity index (χ4n) is 1.31. The van der Waals surface area contributed by atoms with Gasteiger partial charge >= 0.3 is 11.9 Å². The molecule has 0 aliphatic rings. The molecule has 0 unspecified atom stereocenters. The van der Waals surface area contributed by atoms with Crippen LogP contribution in [0.15, 0.2) is 10.7 Å². The highest BCUT2D eigenvalue weighted by Gasteiger charge is 2.31. The van der Waals surface area contributed by atoms with Crippen molar-refractivity contribution >= 4 is 11.9 Å². The second-order valence-electron chi connectivity index (χ2n) is 3.13. The zero-order valence-electron chi connectivity index (χ0n) is 9.87. The van der Waals surface area contributed by atoms with Crippen molar-refractivity contribution in [2.45, 2.75) is 20.3 Å². The summed E-state index contributed by atoms with van der Waals surface area (Å²) >= 11 is 0. The lowest BCUT2D eigenvalue weighted by molar-refractivity contribution is 0.0471. The molecule has 0 saturated heterocycles.